The SMILES string of the molecule is CC.CCNC1CNCCC1CC. The zero-order valence-electron chi connectivity index (χ0n) is 9.69. The molecule has 2 unspecified atom stereocenters. The molecule has 0 radical (unpaired) electrons. The van der Waals surface area contributed by atoms with Gasteiger partial charge in [0.15, 0.2) is 0 Å². The first-order chi connectivity index (χ1) is 6.38. The van der Waals surface area contributed by atoms with E-state index in [-0.39, 0.29) is 0 Å². The fourth-order valence-electron chi connectivity index (χ4n) is 1.90. The lowest BCUT2D eigenvalue weighted by atomic mass is 9.90. The standard InChI is InChI=1S/C9H20N2.C2H6/c1-3-8-5-6-10-7-9(8)11-4-2;1-2/h8-11H,3-7H2,1-2H3;1-2H3. The van der Waals surface area contributed by atoms with Crippen molar-refractivity contribution in [3.05, 3.63) is 0 Å². The second-order valence-corrected chi connectivity index (χ2v) is 3.33. The van der Waals surface area contributed by atoms with Crippen molar-refractivity contribution in [2.75, 3.05) is 19.6 Å². The van der Waals surface area contributed by atoms with Crippen LogP contribution >= 0.6 is 0 Å². The van der Waals surface area contributed by atoms with Gasteiger partial charge in [-0.2, -0.15) is 0 Å². The highest BCUT2D eigenvalue weighted by atomic mass is 15.0. The fraction of sp³-hybridized carbons (Fsp3) is 1.00. The molecule has 1 fully saturated rings. The van der Waals surface area contributed by atoms with Gasteiger partial charge in [0.05, 0.1) is 0 Å². The number of hydrogen-bond acceptors (Lipinski definition) is 2. The smallest absolute Gasteiger partial charge is 0.0220 e. The second kappa shape index (κ2) is 8.52. The van der Waals surface area contributed by atoms with Gasteiger partial charge in [-0.25, -0.2) is 0 Å². The average molecular weight is 186 g/mol. The quantitative estimate of drug-likeness (QED) is 0.704. The van der Waals surface area contributed by atoms with E-state index in [2.05, 4.69) is 24.5 Å². The summed E-state index contributed by atoms with van der Waals surface area (Å²) in [6.07, 6.45) is 2.66. The molecule has 0 aliphatic carbocycles. The Morgan fingerprint density at radius 2 is 2.00 bits per heavy atom. The largest absolute Gasteiger partial charge is 0.315 e. The molecule has 2 N–H and O–H groups in total. The van der Waals surface area contributed by atoms with Crippen LogP contribution in [-0.2, 0) is 0 Å². The highest BCUT2D eigenvalue weighted by Gasteiger charge is 2.21. The van der Waals surface area contributed by atoms with Gasteiger partial charge >= 0.3 is 0 Å². The molecule has 0 saturated carbocycles. The lowest BCUT2D eigenvalue weighted by Crippen LogP contribution is -2.48. The molecule has 0 aromatic rings. The molecule has 1 rings (SSSR count). The molecule has 0 amide bonds. The van der Waals surface area contributed by atoms with Gasteiger partial charge in [0.1, 0.15) is 0 Å². The molecular weight excluding hydrogens is 160 g/mol. The van der Waals surface area contributed by atoms with Crippen molar-refractivity contribution >= 4 is 0 Å². The van der Waals surface area contributed by atoms with E-state index in [9.17, 15) is 0 Å². The van der Waals surface area contributed by atoms with Crippen LogP contribution in [0.15, 0.2) is 0 Å². The number of likely N-dealkylation sites (N-methyl/N-ethyl adjacent to an activating group) is 1. The topological polar surface area (TPSA) is 24.1 Å². The fourth-order valence-corrected chi connectivity index (χ4v) is 1.90. The second-order valence-electron chi connectivity index (χ2n) is 3.33. The van der Waals surface area contributed by atoms with Crippen LogP contribution in [0.2, 0.25) is 0 Å². The van der Waals surface area contributed by atoms with Crippen LogP contribution < -0.4 is 10.6 Å². The summed E-state index contributed by atoms with van der Waals surface area (Å²) in [5.74, 6) is 0.899. The summed E-state index contributed by atoms with van der Waals surface area (Å²) in [7, 11) is 0. The molecule has 2 atom stereocenters. The number of rotatable bonds is 3. The summed E-state index contributed by atoms with van der Waals surface area (Å²) < 4.78 is 0. The van der Waals surface area contributed by atoms with Gasteiger partial charge in [-0.3, -0.25) is 0 Å². The van der Waals surface area contributed by atoms with Crippen LogP contribution in [0.25, 0.3) is 0 Å². The van der Waals surface area contributed by atoms with Crippen molar-refractivity contribution in [1.29, 1.82) is 0 Å². The Hall–Kier alpha value is -0.0800. The van der Waals surface area contributed by atoms with Gasteiger partial charge in [-0.15, -0.1) is 0 Å². The van der Waals surface area contributed by atoms with E-state index in [1.54, 1.807) is 0 Å². The minimum atomic E-state index is 0.721. The maximum Gasteiger partial charge on any atom is 0.0220 e. The molecule has 0 bridgehead atoms. The Morgan fingerprint density at radius 3 is 2.54 bits per heavy atom. The summed E-state index contributed by atoms with van der Waals surface area (Å²) in [6, 6.07) is 0.721. The Bertz CT molecular complexity index is 102. The normalized spacial score (nSPS) is 27.7. The third kappa shape index (κ3) is 4.63. The first-order valence-corrected chi connectivity index (χ1v) is 5.82. The molecule has 80 valence electrons. The molecule has 0 aromatic heterocycles. The summed E-state index contributed by atoms with van der Waals surface area (Å²) in [5, 5.41) is 6.94. The van der Waals surface area contributed by atoms with Crippen LogP contribution in [0, 0.1) is 5.92 Å². The van der Waals surface area contributed by atoms with E-state index in [0.717, 1.165) is 25.0 Å². The van der Waals surface area contributed by atoms with Crippen molar-refractivity contribution in [3.63, 3.8) is 0 Å². The van der Waals surface area contributed by atoms with E-state index < -0.39 is 0 Å². The van der Waals surface area contributed by atoms with Crippen molar-refractivity contribution in [3.8, 4) is 0 Å². The van der Waals surface area contributed by atoms with E-state index in [1.807, 2.05) is 13.8 Å². The summed E-state index contributed by atoms with van der Waals surface area (Å²) in [4.78, 5) is 0. The predicted octanol–water partition coefficient (Wildman–Crippen LogP) is 2.01. The zero-order chi connectivity index (χ0) is 10.1. The molecule has 0 spiro atoms. The van der Waals surface area contributed by atoms with Crippen LogP contribution in [-0.4, -0.2) is 25.7 Å². The maximum absolute atomic E-state index is 3.52. The van der Waals surface area contributed by atoms with Crippen molar-refractivity contribution in [1.82, 2.24) is 10.6 Å². The zero-order valence-corrected chi connectivity index (χ0v) is 9.69. The summed E-state index contributed by atoms with van der Waals surface area (Å²) in [5.41, 5.74) is 0. The van der Waals surface area contributed by atoms with Gasteiger partial charge in [0.2, 0.25) is 0 Å². The Labute approximate surface area is 83.5 Å². The minimum absolute atomic E-state index is 0.721. The van der Waals surface area contributed by atoms with Crippen LogP contribution in [0.3, 0.4) is 0 Å². The number of nitrogens with one attached hydrogen (secondary N) is 2. The van der Waals surface area contributed by atoms with Crippen LogP contribution in [0.1, 0.15) is 40.5 Å². The molecule has 1 saturated heterocycles. The lowest BCUT2D eigenvalue weighted by molar-refractivity contribution is 0.274. The lowest BCUT2D eigenvalue weighted by Gasteiger charge is -2.31. The molecular formula is C11H26N2. The predicted molar refractivity (Wildman–Crippen MR) is 60.1 cm³/mol. The average Bonchev–Trinajstić information content (AvgIpc) is 2.22. The van der Waals surface area contributed by atoms with Gasteiger partial charge in [0.25, 0.3) is 0 Å². The summed E-state index contributed by atoms with van der Waals surface area (Å²) >= 11 is 0. The van der Waals surface area contributed by atoms with E-state index in [1.165, 1.54) is 19.4 Å². The molecule has 2 heteroatoms. The van der Waals surface area contributed by atoms with Gasteiger partial charge in [0, 0.05) is 12.6 Å². The number of piperidine rings is 1. The maximum atomic E-state index is 3.52. The Kier molecular flexibility index (Phi) is 8.46. The molecule has 0 aromatic carbocycles. The molecule has 1 aliphatic heterocycles. The number of hydrogen-bond donors (Lipinski definition) is 2. The van der Waals surface area contributed by atoms with Gasteiger partial charge in [-0.1, -0.05) is 34.1 Å². The van der Waals surface area contributed by atoms with Crippen LogP contribution in [0.4, 0.5) is 0 Å². The van der Waals surface area contributed by atoms with Crippen molar-refractivity contribution in [2.24, 2.45) is 5.92 Å². The molecule has 13 heavy (non-hydrogen) atoms. The van der Waals surface area contributed by atoms with E-state index in [4.69, 9.17) is 0 Å². The van der Waals surface area contributed by atoms with Crippen molar-refractivity contribution < 1.29 is 0 Å². The highest BCUT2D eigenvalue weighted by Crippen LogP contribution is 2.15. The van der Waals surface area contributed by atoms with Crippen LogP contribution in [0.5, 0.6) is 0 Å². The molecule has 1 aliphatic rings. The highest BCUT2D eigenvalue weighted by molar-refractivity contribution is 4.82. The summed E-state index contributed by atoms with van der Waals surface area (Å²) in [6.45, 7) is 11.9. The van der Waals surface area contributed by atoms with Crippen molar-refractivity contribution in [2.45, 2.75) is 46.6 Å². The minimum Gasteiger partial charge on any atom is -0.315 e. The van der Waals surface area contributed by atoms with E-state index >= 15 is 0 Å². The Balaban J connectivity index is 0.000000671. The Morgan fingerprint density at radius 1 is 1.31 bits per heavy atom. The first kappa shape index (κ1) is 12.9. The van der Waals surface area contributed by atoms with Gasteiger partial charge < -0.3 is 10.6 Å². The van der Waals surface area contributed by atoms with E-state index in [0.29, 0.717) is 0 Å². The molecule has 1 heterocycles. The molecule has 2 nitrogen and oxygen atoms in total. The third-order valence-corrected chi connectivity index (χ3v) is 2.62. The monoisotopic (exact) mass is 186 g/mol. The first-order valence-electron chi connectivity index (χ1n) is 5.82. The van der Waals surface area contributed by atoms with Gasteiger partial charge in [-0.05, 0) is 25.4 Å². The third-order valence-electron chi connectivity index (χ3n) is 2.62.